The number of aromatic nitrogens is 4. The second-order valence-electron chi connectivity index (χ2n) is 6.36. The molecule has 0 aromatic carbocycles. The summed E-state index contributed by atoms with van der Waals surface area (Å²) in [4.78, 5) is 35.5. The SMILES string of the molecule is CCC(=O)NCCCNC(=O)C1OC(n2cnc3c(N)ncnc32)C(O)C1O. The predicted octanol–water partition coefficient (Wildman–Crippen LogP) is -1.94. The van der Waals surface area contributed by atoms with Crippen LogP contribution in [-0.4, -0.2) is 72.9 Å². The van der Waals surface area contributed by atoms with Crippen LogP contribution < -0.4 is 16.4 Å². The molecule has 28 heavy (non-hydrogen) atoms. The van der Waals surface area contributed by atoms with Crippen molar-refractivity contribution in [3.63, 3.8) is 0 Å². The Balaban J connectivity index is 1.61. The summed E-state index contributed by atoms with van der Waals surface area (Å²) >= 11 is 0. The number of nitrogens with one attached hydrogen (secondary N) is 2. The fourth-order valence-electron chi connectivity index (χ4n) is 2.92. The van der Waals surface area contributed by atoms with Crippen molar-refractivity contribution in [2.75, 3.05) is 18.8 Å². The van der Waals surface area contributed by atoms with Gasteiger partial charge < -0.3 is 31.3 Å². The maximum absolute atomic E-state index is 12.3. The van der Waals surface area contributed by atoms with Crippen LogP contribution in [0.3, 0.4) is 0 Å². The average Bonchev–Trinajstić information content (AvgIpc) is 3.24. The highest BCUT2D eigenvalue weighted by molar-refractivity contribution is 5.82. The molecule has 2 aromatic heterocycles. The highest BCUT2D eigenvalue weighted by Gasteiger charge is 2.47. The van der Waals surface area contributed by atoms with Crippen molar-refractivity contribution in [3.8, 4) is 0 Å². The number of hydrogen-bond donors (Lipinski definition) is 5. The summed E-state index contributed by atoms with van der Waals surface area (Å²) in [6.45, 7) is 2.46. The summed E-state index contributed by atoms with van der Waals surface area (Å²) in [6, 6.07) is 0. The minimum absolute atomic E-state index is 0.0659. The number of aliphatic hydroxyl groups excluding tert-OH is 2. The molecule has 6 N–H and O–H groups in total. The summed E-state index contributed by atoms with van der Waals surface area (Å²) in [6.07, 6.45) is -1.60. The molecule has 1 fully saturated rings. The molecule has 0 spiro atoms. The number of imidazole rings is 1. The minimum Gasteiger partial charge on any atom is -0.387 e. The highest BCUT2D eigenvalue weighted by Crippen LogP contribution is 2.32. The van der Waals surface area contributed by atoms with Crippen LogP contribution in [0.15, 0.2) is 12.7 Å². The maximum atomic E-state index is 12.3. The lowest BCUT2D eigenvalue weighted by molar-refractivity contribution is -0.137. The van der Waals surface area contributed by atoms with Gasteiger partial charge in [0.05, 0.1) is 6.33 Å². The highest BCUT2D eigenvalue weighted by atomic mass is 16.6. The van der Waals surface area contributed by atoms with Gasteiger partial charge in [-0.15, -0.1) is 0 Å². The number of nitrogens with two attached hydrogens (primary N) is 1. The Bertz CT molecular complexity index is 857. The van der Waals surface area contributed by atoms with Crippen LogP contribution in [0, 0.1) is 0 Å². The Hall–Kier alpha value is -2.83. The van der Waals surface area contributed by atoms with Gasteiger partial charge in [-0.25, -0.2) is 15.0 Å². The van der Waals surface area contributed by atoms with Crippen LogP contribution in [0.1, 0.15) is 26.0 Å². The molecule has 2 aromatic rings. The van der Waals surface area contributed by atoms with Gasteiger partial charge in [0.25, 0.3) is 5.91 Å². The minimum atomic E-state index is -1.43. The molecule has 4 unspecified atom stereocenters. The molecule has 3 heterocycles. The Morgan fingerprint density at radius 1 is 1.21 bits per heavy atom. The lowest BCUT2D eigenvalue weighted by Gasteiger charge is -2.16. The van der Waals surface area contributed by atoms with E-state index < -0.39 is 30.4 Å². The molecule has 1 saturated heterocycles. The van der Waals surface area contributed by atoms with E-state index in [1.807, 2.05) is 0 Å². The smallest absolute Gasteiger partial charge is 0.252 e. The number of hydrogen-bond acceptors (Lipinski definition) is 9. The van der Waals surface area contributed by atoms with E-state index in [1.54, 1.807) is 6.92 Å². The van der Waals surface area contributed by atoms with Crippen molar-refractivity contribution in [2.24, 2.45) is 0 Å². The van der Waals surface area contributed by atoms with Gasteiger partial charge in [0.2, 0.25) is 5.91 Å². The van der Waals surface area contributed by atoms with E-state index in [-0.39, 0.29) is 18.3 Å². The molecule has 4 atom stereocenters. The molecule has 0 radical (unpaired) electrons. The normalized spacial score (nSPS) is 24.4. The van der Waals surface area contributed by atoms with Crippen LogP contribution >= 0.6 is 0 Å². The van der Waals surface area contributed by atoms with Gasteiger partial charge in [-0.05, 0) is 6.42 Å². The zero-order valence-electron chi connectivity index (χ0n) is 15.3. The molecule has 0 bridgehead atoms. The molecule has 2 amide bonds. The third-order valence-electron chi connectivity index (χ3n) is 4.45. The van der Waals surface area contributed by atoms with Crippen LogP contribution in [0.25, 0.3) is 11.2 Å². The maximum Gasteiger partial charge on any atom is 0.252 e. The van der Waals surface area contributed by atoms with Gasteiger partial charge in [0.1, 0.15) is 24.1 Å². The zero-order valence-corrected chi connectivity index (χ0v) is 15.3. The van der Waals surface area contributed by atoms with Crippen LogP contribution in [0.4, 0.5) is 5.82 Å². The summed E-state index contributed by atoms with van der Waals surface area (Å²) < 4.78 is 6.99. The molecule has 152 valence electrons. The number of rotatable bonds is 7. The monoisotopic (exact) mass is 393 g/mol. The first-order valence-electron chi connectivity index (χ1n) is 8.93. The van der Waals surface area contributed by atoms with Gasteiger partial charge in [-0.2, -0.15) is 0 Å². The summed E-state index contributed by atoms with van der Waals surface area (Å²) in [5, 5.41) is 25.9. The number of carbonyl (C=O) groups excluding carboxylic acids is 2. The van der Waals surface area contributed by atoms with Gasteiger partial charge >= 0.3 is 0 Å². The molecule has 3 rings (SSSR count). The van der Waals surface area contributed by atoms with Gasteiger partial charge in [0.15, 0.2) is 23.8 Å². The van der Waals surface area contributed by atoms with E-state index in [0.717, 1.165) is 0 Å². The van der Waals surface area contributed by atoms with E-state index in [9.17, 15) is 19.8 Å². The molecule has 1 aliphatic heterocycles. The number of anilines is 1. The summed E-state index contributed by atoms with van der Waals surface area (Å²) in [7, 11) is 0. The number of carbonyl (C=O) groups is 2. The fraction of sp³-hybridized carbons (Fsp3) is 0.562. The average molecular weight is 393 g/mol. The summed E-state index contributed by atoms with van der Waals surface area (Å²) in [5.41, 5.74) is 6.39. The number of nitrogens with zero attached hydrogens (tertiary/aromatic N) is 4. The van der Waals surface area contributed by atoms with Crippen molar-refractivity contribution in [1.29, 1.82) is 0 Å². The Kier molecular flexibility index (Phi) is 6.02. The summed E-state index contributed by atoms with van der Waals surface area (Å²) in [5.74, 6) is -0.459. The third-order valence-corrected chi connectivity index (χ3v) is 4.45. The van der Waals surface area contributed by atoms with Crippen LogP contribution in [-0.2, 0) is 14.3 Å². The van der Waals surface area contributed by atoms with Crippen molar-refractivity contribution in [2.45, 2.75) is 44.3 Å². The fourth-order valence-corrected chi connectivity index (χ4v) is 2.92. The van der Waals surface area contributed by atoms with E-state index >= 15 is 0 Å². The molecular formula is C16H23N7O5. The van der Waals surface area contributed by atoms with E-state index in [1.165, 1.54) is 17.2 Å². The van der Waals surface area contributed by atoms with Crippen molar-refractivity contribution in [3.05, 3.63) is 12.7 Å². The van der Waals surface area contributed by atoms with E-state index in [4.69, 9.17) is 10.5 Å². The Labute approximate surface area is 160 Å². The first kappa shape index (κ1) is 19.9. The lowest BCUT2D eigenvalue weighted by atomic mass is 10.1. The second-order valence-corrected chi connectivity index (χ2v) is 6.36. The van der Waals surface area contributed by atoms with Gasteiger partial charge in [-0.3, -0.25) is 14.2 Å². The molecule has 0 aliphatic carbocycles. The predicted molar refractivity (Wildman–Crippen MR) is 96.6 cm³/mol. The van der Waals surface area contributed by atoms with E-state index in [2.05, 4.69) is 25.6 Å². The van der Waals surface area contributed by atoms with Gasteiger partial charge in [0, 0.05) is 19.5 Å². The van der Waals surface area contributed by atoms with Crippen LogP contribution in [0.2, 0.25) is 0 Å². The lowest BCUT2D eigenvalue weighted by Crippen LogP contribution is -2.43. The third kappa shape index (κ3) is 3.88. The molecular weight excluding hydrogens is 370 g/mol. The standard InChI is InChI=1S/C16H23N7O5/c1-2-8(24)18-4-3-5-19-15(27)12-10(25)11(26)16(28-12)23-7-22-9-13(17)20-6-21-14(9)23/h6-7,10-12,16,25-26H,2-5H2,1H3,(H,18,24)(H,19,27)(H2,17,20,21). The van der Waals surface area contributed by atoms with Crippen molar-refractivity contribution >= 4 is 28.8 Å². The first-order chi connectivity index (χ1) is 13.4. The number of ether oxygens (including phenoxy) is 1. The second kappa shape index (κ2) is 8.46. The number of amides is 2. The van der Waals surface area contributed by atoms with Gasteiger partial charge in [-0.1, -0.05) is 6.92 Å². The number of fused-ring (bicyclic) bond motifs is 1. The number of aliphatic hydroxyl groups is 2. The van der Waals surface area contributed by atoms with Crippen molar-refractivity contribution < 1.29 is 24.5 Å². The largest absolute Gasteiger partial charge is 0.387 e. The first-order valence-corrected chi connectivity index (χ1v) is 8.93. The molecule has 0 saturated carbocycles. The quantitative estimate of drug-likeness (QED) is 0.335. The van der Waals surface area contributed by atoms with Crippen LogP contribution in [0.5, 0.6) is 0 Å². The molecule has 12 heteroatoms. The zero-order chi connectivity index (χ0) is 20.3. The Morgan fingerprint density at radius 2 is 1.96 bits per heavy atom. The Morgan fingerprint density at radius 3 is 2.71 bits per heavy atom. The topological polar surface area (TPSA) is 178 Å². The molecule has 1 aliphatic rings. The molecule has 12 nitrogen and oxygen atoms in total. The van der Waals surface area contributed by atoms with Crippen molar-refractivity contribution in [1.82, 2.24) is 30.2 Å². The van der Waals surface area contributed by atoms with E-state index in [0.29, 0.717) is 30.6 Å². The number of nitrogen functional groups attached to an aromatic ring is 1.